The Kier molecular flexibility index (Phi) is 1.84. The standard InChI is InChI=1S/C11H14N2O/c1-11(2)9-6-12-5-4-8(9)7-13(3)10(11)14/h4-6H,7H2,1-3H3. The summed E-state index contributed by atoms with van der Waals surface area (Å²) in [6, 6.07) is 1.99. The van der Waals surface area contributed by atoms with Crippen molar-refractivity contribution in [2.24, 2.45) is 0 Å². The molecule has 2 heterocycles. The average Bonchev–Trinajstić information content (AvgIpc) is 2.15. The molecule has 0 bridgehead atoms. The van der Waals surface area contributed by atoms with E-state index in [9.17, 15) is 4.79 Å². The van der Waals surface area contributed by atoms with Crippen molar-refractivity contribution in [2.45, 2.75) is 25.8 Å². The van der Waals surface area contributed by atoms with Crippen LogP contribution in [0.2, 0.25) is 0 Å². The van der Waals surface area contributed by atoms with Gasteiger partial charge in [0, 0.05) is 26.0 Å². The zero-order valence-corrected chi connectivity index (χ0v) is 8.74. The number of hydrogen-bond acceptors (Lipinski definition) is 2. The van der Waals surface area contributed by atoms with Gasteiger partial charge < -0.3 is 4.90 Å². The number of nitrogens with zero attached hydrogens (tertiary/aromatic N) is 2. The Balaban J connectivity index is 2.60. The van der Waals surface area contributed by atoms with E-state index < -0.39 is 5.41 Å². The molecule has 1 aromatic heterocycles. The predicted molar refractivity (Wildman–Crippen MR) is 53.7 cm³/mol. The fourth-order valence-corrected chi connectivity index (χ4v) is 2.04. The molecule has 1 aliphatic heterocycles. The summed E-state index contributed by atoms with van der Waals surface area (Å²) in [5.41, 5.74) is 1.83. The fraction of sp³-hybridized carbons (Fsp3) is 0.455. The van der Waals surface area contributed by atoms with E-state index in [0.29, 0.717) is 6.54 Å². The molecule has 1 amide bonds. The van der Waals surface area contributed by atoms with Crippen molar-refractivity contribution < 1.29 is 4.79 Å². The summed E-state index contributed by atoms with van der Waals surface area (Å²) >= 11 is 0. The molecule has 1 aliphatic rings. The molecule has 0 fully saturated rings. The molecule has 0 aromatic carbocycles. The molecule has 0 spiro atoms. The second-order valence-electron chi connectivity index (χ2n) is 4.32. The highest BCUT2D eigenvalue weighted by molar-refractivity contribution is 5.89. The molecule has 3 heteroatoms. The lowest BCUT2D eigenvalue weighted by molar-refractivity contribution is -0.136. The smallest absolute Gasteiger partial charge is 0.232 e. The molecule has 0 saturated heterocycles. The van der Waals surface area contributed by atoms with E-state index in [1.54, 1.807) is 17.3 Å². The van der Waals surface area contributed by atoms with Gasteiger partial charge in [-0.3, -0.25) is 9.78 Å². The lowest BCUT2D eigenvalue weighted by Crippen LogP contribution is -2.45. The molecule has 0 radical (unpaired) electrons. The van der Waals surface area contributed by atoms with Crippen LogP contribution in [0.4, 0.5) is 0 Å². The van der Waals surface area contributed by atoms with Gasteiger partial charge in [-0.05, 0) is 31.0 Å². The van der Waals surface area contributed by atoms with E-state index in [-0.39, 0.29) is 5.91 Å². The zero-order valence-electron chi connectivity index (χ0n) is 8.74. The maximum Gasteiger partial charge on any atom is 0.232 e. The topological polar surface area (TPSA) is 33.2 Å². The zero-order chi connectivity index (χ0) is 10.3. The van der Waals surface area contributed by atoms with Gasteiger partial charge in [-0.1, -0.05) is 0 Å². The number of carbonyl (C=O) groups is 1. The van der Waals surface area contributed by atoms with Gasteiger partial charge in [0.2, 0.25) is 5.91 Å². The third kappa shape index (κ3) is 1.12. The van der Waals surface area contributed by atoms with Crippen LogP contribution < -0.4 is 0 Å². The Morgan fingerprint density at radius 3 is 2.93 bits per heavy atom. The van der Waals surface area contributed by atoms with Crippen LogP contribution in [-0.2, 0) is 16.8 Å². The van der Waals surface area contributed by atoms with Gasteiger partial charge in [-0.2, -0.15) is 0 Å². The fourth-order valence-electron chi connectivity index (χ4n) is 2.04. The van der Waals surface area contributed by atoms with Crippen molar-refractivity contribution in [3.8, 4) is 0 Å². The summed E-state index contributed by atoms with van der Waals surface area (Å²) in [4.78, 5) is 17.8. The summed E-state index contributed by atoms with van der Waals surface area (Å²) in [5.74, 6) is 0.165. The highest BCUT2D eigenvalue weighted by atomic mass is 16.2. The number of likely N-dealkylation sites (N-methyl/N-ethyl adjacent to an activating group) is 1. The monoisotopic (exact) mass is 190 g/mol. The van der Waals surface area contributed by atoms with Crippen LogP contribution in [0, 0.1) is 0 Å². The Morgan fingerprint density at radius 1 is 1.50 bits per heavy atom. The van der Waals surface area contributed by atoms with E-state index in [1.165, 1.54) is 5.56 Å². The predicted octanol–water partition coefficient (Wildman–Crippen LogP) is 1.33. The first-order chi connectivity index (χ1) is 6.53. The van der Waals surface area contributed by atoms with Crippen LogP contribution >= 0.6 is 0 Å². The quantitative estimate of drug-likeness (QED) is 0.618. The van der Waals surface area contributed by atoms with Gasteiger partial charge in [0.15, 0.2) is 0 Å². The lowest BCUT2D eigenvalue weighted by Gasteiger charge is -2.36. The lowest BCUT2D eigenvalue weighted by atomic mass is 9.79. The van der Waals surface area contributed by atoms with E-state index in [1.807, 2.05) is 27.0 Å². The highest BCUT2D eigenvalue weighted by Gasteiger charge is 2.38. The second kappa shape index (κ2) is 2.80. The maximum atomic E-state index is 11.9. The Hall–Kier alpha value is -1.38. The largest absolute Gasteiger partial charge is 0.341 e. The van der Waals surface area contributed by atoms with Crippen LogP contribution in [0.3, 0.4) is 0 Å². The van der Waals surface area contributed by atoms with Crippen LogP contribution in [0.15, 0.2) is 18.5 Å². The number of hydrogen-bond donors (Lipinski definition) is 0. The van der Waals surface area contributed by atoms with E-state index >= 15 is 0 Å². The van der Waals surface area contributed by atoms with Crippen molar-refractivity contribution in [1.82, 2.24) is 9.88 Å². The molecule has 74 valence electrons. The van der Waals surface area contributed by atoms with Crippen LogP contribution in [0.25, 0.3) is 0 Å². The van der Waals surface area contributed by atoms with Crippen LogP contribution in [-0.4, -0.2) is 22.8 Å². The van der Waals surface area contributed by atoms with Gasteiger partial charge >= 0.3 is 0 Å². The van der Waals surface area contributed by atoms with E-state index in [0.717, 1.165) is 5.56 Å². The normalized spacial score (nSPS) is 19.4. The second-order valence-corrected chi connectivity index (χ2v) is 4.32. The molecule has 2 rings (SSSR count). The Morgan fingerprint density at radius 2 is 2.21 bits per heavy atom. The molecule has 14 heavy (non-hydrogen) atoms. The molecular formula is C11H14N2O. The van der Waals surface area contributed by atoms with Gasteiger partial charge in [0.1, 0.15) is 0 Å². The summed E-state index contributed by atoms with van der Waals surface area (Å²) in [6.07, 6.45) is 3.58. The molecule has 0 unspecified atom stereocenters. The van der Waals surface area contributed by atoms with Gasteiger partial charge in [-0.15, -0.1) is 0 Å². The van der Waals surface area contributed by atoms with E-state index in [2.05, 4.69) is 4.98 Å². The number of amides is 1. The van der Waals surface area contributed by atoms with Crippen molar-refractivity contribution >= 4 is 5.91 Å². The minimum Gasteiger partial charge on any atom is -0.341 e. The van der Waals surface area contributed by atoms with Crippen LogP contribution in [0.5, 0.6) is 0 Å². The molecular weight excluding hydrogens is 176 g/mol. The number of carbonyl (C=O) groups excluding carboxylic acids is 1. The summed E-state index contributed by atoms with van der Waals surface area (Å²) < 4.78 is 0. The number of rotatable bonds is 0. The molecule has 1 aromatic rings. The first kappa shape index (κ1) is 9.19. The summed E-state index contributed by atoms with van der Waals surface area (Å²) in [5, 5.41) is 0. The maximum absolute atomic E-state index is 11.9. The van der Waals surface area contributed by atoms with E-state index in [4.69, 9.17) is 0 Å². The van der Waals surface area contributed by atoms with Crippen molar-refractivity contribution in [1.29, 1.82) is 0 Å². The molecule has 0 atom stereocenters. The minimum absolute atomic E-state index is 0.165. The van der Waals surface area contributed by atoms with Gasteiger partial charge in [0.05, 0.1) is 5.41 Å². The minimum atomic E-state index is -0.434. The average molecular weight is 190 g/mol. The summed E-state index contributed by atoms with van der Waals surface area (Å²) in [6.45, 7) is 4.59. The van der Waals surface area contributed by atoms with Gasteiger partial charge in [0.25, 0.3) is 0 Å². The Labute approximate surface area is 83.8 Å². The third-order valence-electron chi connectivity index (χ3n) is 2.87. The summed E-state index contributed by atoms with van der Waals surface area (Å²) in [7, 11) is 1.84. The van der Waals surface area contributed by atoms with Crippen molar-refractivity contribution in [2.75, 3.05) is 7.05 Å². The SMILES string of the molecule is CN1Cc2ccncc2C(C)(C)C1=O. The van der Waals surface area contributed by atoms with Crippen molar-refractivity contribution in [3.05, 3.63) is 29.6 Å². The first-order valence-electron chi connectivity index (χ1n) is 4.72. The molecule has 0 aliphatic carbocycles. The number of aromatic nitrogens is 1. The Bertz CT molecular complexity index is 385. The molecule has 3 nitrogen and oxygen atoms in total. The number of pyridine rings is 1. The van der Waals surface area contributed by atoms with Gasteiger partial charge in [-0.25, -0.2) is 0 Å². The van der Waals surface area contributed by atoms with Crippen molar-refractivity contribution in [3.63, 3.8) is 0 Å². The molecule has 0 saturated carbocycles. The van der Waals surface area contributed by atoms with Crippen LogP contribution in [0.1, 0.15) is 25.0 Å². The third-order valence-corrected chi connectivity index (χ3v) is 2.87. The molecule has 0 N–H and O–H groups in total. The highest BCUT2D eigenvalue weighted by Crippen LogP contribution is 2.32. The number of fused-ring (bicyclic) bond motifs is 1. The first-order valence-corrected chi connectivity index (χ1v) is 4.72.